The number of likely N-dealkylation sites (tertiary alicyclic amines) is 1. The van der Waals surface area contributed by atoms with E-state index in [1.807, 2.05) is 4.90 Å². The Balaban J connectivity index is 1.16. The lowest BCUT2D eigenvalue weighted by Gasteiger charge is -2.40. The highest BCUT2D eigenvalue weighted by atomic mass is 19.2. The molecule has 5 nitrogen and oxygen atoms in total. The van der Waals surface area contributed by atoms with Crippen LogP contribution in [0.15, 0.2) is 51.6 Å². The number of piperidine rings is 1. The second-order valence-electron chi connectivity index (χ2n) is 9.24. The van der Waals surface area contributed by atoms with Crippen LogP contribution in [0.5, 0.6) is 0 Å². The van der Waals surface area contributed by atoms with Gasteiger partial charge in [-0.05, 0) is 48.8 Å². The Hall–Kier alpha value is -2.28. The molecule has 0 N–H and O–H groups in total. The number of amidine groups is 1. The molecule has 3 fully saturated rings. The van der Waals surface area contributed by atoms with Crippen LogP contribution in [-0.2, 0) is 14.3 Å². The molecular weight excluding hydrogens is 390 g/mol. The highest BCUT2D eigenvalue weighted by Gasteiger charge is 2.56. The molecular formula is C23H24F2N2O3. The van der Waals surface area contributed by atoms with Crippen LogP contribution >= 0.6 is 0 Å². The Morgan fingerprint density at radius 3 is 2.77 bits per heavy atom. The second-order valence-corrected chi connectivity index (χ2v) is 9.24. The number of amides is 1. The van der Waals surface area contributed by atoms with E-state index < -0.39 is 17.3 Å². The van der Waals surface area contributed by atoms with Crippen molar-refractivity contribution in [1.82, 2.24) is 4.90 Å². The van der Waals surface area contributed by atoms with Crippen LogP contribution in [0.1, 0.15) is 44.9 Å². The summed E-state index contributed by atoms with van der Waals surface area (Å²) in [6, 6.07) is 0.356. The zero-order chi connectivity index (χ0) is 20.5. The Kier molecular flexibility index (Phi) is 3.92. The summed E-state index contributed by atoms with van der Waals surface area (Å²) >= 11 is 0. The largest absolute Gasteiger partial charge is 0.448 e. The van der Waals surface area contributed by atoms with Crippen molar-refractivity contribution in [3.05, 3.63) is 46.6 Å². The first-order chi connectivity index (χ1) is 14.5. The summed E-state index contributed by atoms with van der Waals surface area (Å²) < 4.78 is 39.7. The fourth-order valence-electron chi connectivity index (χ4n) is 5.92. The third-order valence-electron chi connectivity index (χ3n) is 7.55. The molecule has 2 atom stereocenters. The van der Waals surface area contributed by atoms with Crippen molar-refractivity contribution in [3.63, 3.8) is 0 Å². The topological polar surface area (TPSA) is 51.1 Å². The number of fused-ring (bicyclic) bond motifs is 3. The van der Waals surface area contributed by atoms with Gasteiger partial charge in [-0.25, -0.2) is 8.78 Å². The monoisotopic (exact) mass is 414 g/mol. The number of nitrogens with zero attached hydrogens (tertiary/aromatic N) is 2. The first kappa shape index (κ1) is 18.5. The molecule has 1 amide bonds. The average molecular weight is 414 g/mol. The highest BCUT2D eigenvalue weighted by Crippen LogP contribution is 2.50. The molecule has 0 radical (unpaired) electrons. The van der Waals surface area contributed by atoms with Crippen LogP contribution < -0.4 is 0 Å². The Morgan fingerprint density at radius 2 is 1.93 bits per heavy atom. The summed E-state index contributed by atoms with van der Waals surface area (Å²) in [6.07, 6.45) is 10.3. The van der Waals surface area contributed by atoms with Crippen molar-refractivity contribution < 1.29 is 23.0 Å². The van der Waals surface area contributed by atoms with Gasteiger partial charge in [-0.3, -0.25) is 4.79 Å². The molecule has 7 heteroatoms. The van der Waals surface area contributed by atoms with Gasteiger partial charge < -0.3 is 14.4 Å². The highest BCUT2D eigenvalue weighted by molar-refractivity contribution is 6.02. The SMILES string of the molecule is O=C1N=C(N2CCC3(CC2)OCC2=CCCC=C23)OC12CC1=CC(F)=C(F)CC1C2. The maximum Gasteiger partial charge on any atom is 0.296 e. The molecule has 2 saturated heterocycles. The molecule has 0 aromatic rings. The first-order valence-electron chi connectivity index (χ1n) is 10.8. The molecule has 1 saturated carbocycles. The van der Waals surface area contributed by atoms with E-state index in [0.717, 1.165) is 31.3 Å². The van der Waals surface area contributed by atoms with E-state index in [4.69, 9.17) is 9.47 Å². The predicted octanol–water partition coefficient (Wildman–Crippen LogP) is 4.04. The lowest BCUT2D eigenvalue weighted by molar-refractivity contribution is -0.130. The zero-order valence-electron chi connectivity index (χ0n) is 16.8. The van der Waals surface area contributed by atoms with Crippen molar-refractivity contribution in [2.75, 3.05) is 19.7 Å². The number of ether oxygens (including phenoxy) is 2. The quantitative estimate of drug-likeness (QED) is 0.600. The first-order valence-corrected chi connectivity index (χ1v) is 10.8. The number of hydrogen-bond donors (Lipinski definition) is 0. The smallest absolute Gasteiger partial charge is 0.296 e. The zero-order valence-corrected chi connectivity index (χ0v) is 16.8. The summed E-state index contributed by atoms with van der Waals surface area (Å²) in [7, 11) is 0. The number of allylic oxidation sites excluding steroid dienone is 5. The summed E-state index contributed by atoms with van der Waals surface area (Å²) in [4.78, 5) is 19.0. The number of hydrogen-bond acceptors (Lipinski definition) is 4. The minimum Gasteiger partial charge on any atom is -0.448 e. The van der Waals surface area contributed by atoms with Crippen LogP contribution in [0.25, 0.3) is 0 Å². The standard InChI is InChI=1S/C23H24F2N2O3/c24-18-9-15-11-23(12-16(15)10-19(18)25)20(28)26-21(30-23)27-7-5-22(6-8-27)17-4-2-1-3-14(17)13-29-22/h3-4,9,16H,1-2,5-8,10-13H2. The van der Waals surface area contributed by atoms with Gasteiger partial charge in [-0.15, -0.1) is 0 Å². The van der Waals surface area contributed by atoms with E-state index >= 15 is 0 Å². The Bertz CT molecular complexity index is 984. The minimum atomic E-state index is -1.10. The summed E-state index contributed by atoms with van der Waals surface area (Å²) in [5.74, 6) is -2.09. The second kappa shape index (κ2) is 6.36. The maximum atomic E-state index is 13.7. The van der Waals surface area contributed by atoms with Crippen molar-refractivity contribution in [3.8, 4) is 0 Å². The van der Waals surface area contributed by atoms with Gasteiger partial charge in [0.2, 0.25) is 0 Å². The van der Waals surface area contributed by atoms with E-state index in [9.17, 15) is 13.6 Å². The van der Waals surface area contributed by atoms with Crippen LogP contribution in [0.4, 0.5) is 8.78 Å². The number of rotatable bonds is 0. The van der Waals surface area contributed by atoms with Gasteiger partial charge in [0.25, 0.3) is 11.9 Å². The fraction of sp³-hybridized carbons (Fsp3) is 0.565. The molecule has 2 spiro atoms. The summed E-state index contributed by atoms with van der Waals surface area (Å²) in [5.41, 5.74) is 2.10. The van der Waals surface area contributed by atoms with Crippen molar-refractivity contribution >= 4 is 11.9 Å². The Morgan fingerprint density at radius 1 is 1.13 bits per heavy atom. The van der Waals surface area contributed by atoms with Crippen molar-refractivity contribution in [2.24, 2.45) is 10.9 Å². The molecule has 0 aromatic heterocycles. The number of aliphatic imine (C=N–C) groups is 1. The molecule has 30 heavy (non-hydrogen) atoms. The summed E-state index contributed by atoms with van der Waals surface area (Å²) in [5, 5.41) is 0. The lowest BCUT2D eigenvalue weighted by atomic mass is 9.80. The maximum absolute atomic E-state index is 13.7. The number of carbonyl (C=O) groups is 1. The van der Waals surface area contributed by atoms with E-state index in [0.29, 0.717) is 32.1 Å². The lowest BCUT2D eigenvalue weighted by Crippen LogP contribution is -2.48. The molecule has 3 heterocycles. The molecule has 0 aromatic carbocycles. The van der Waals surface area contributed by atoms with Gasteiger partial charge in [0.1, 0.15) is 5.83 Å². The average Bonchev–Trinajstić information content (AvgIpc) is 3.38. The third kappa shape index (κ3) is 2.60. The molecule has 3 aliphatic heterocycles. The van der Waals surface area contributed by atoms with E-state index in [1.165, 1.54) is 17.2 Å². The molecule has 2 unspecified atom stereocenters. The van der Waals surface area contributed by atoms with Gasteiger partial charge in [-0.1, -0.05) is 17.7 Å². The normalized spacial score (nSPS) is 34.5. The molecule has 158 valence electrons. The molecule has 0 bridgehead atoms. The van der Waals surface area contributed by atoms with Crippen LogP contribution in [-0.4, -0.2) is 47.7 Å². The summed E-state index contributed by atoms with van der Waals surface area (Å²) in [6.45, 7) is 2.08. The van der Waals surface area contributed by atoms with Gasteiger partial charge >= 0.3 is 0 Å². The molecule has 6 rings (SSSR count). The van der Waals surface area contributed by atoms with Crippen LogP contribution in [0, 0.1) is 5.92 Å². The van der Waals surface area contributed by atoms with Crippen LogP contribution in [0.2, 0.25) is 0 Å². The van der Waals surface area contributed by atoms with Crippen LogP contribution in [0.3, 0.4) is 0 Å². The van der Waals surface area contributed by atoms with E-state index in [1.54, 1.807) is 0 Å². The predicted molar refractivity (Wildman–Crippen MR) is 106 cm³/mol. The number of halogens is 2. The third-order valence-corrected chi connectivity index (χ3v) is 7.55. The van der Waals surface area contributed by atoms with Gasteiger partial charge in [0, 0.05) is 32.4 Å². The number of carbonyl (C=O) groups excluding carboxylic acids is 1. The van der Waals surface area contributed by atoms with Crippen molar-refractivity contribution in [2.45, 2.75) is 56.1 Å². The Labute approximate surface area is 173 Å². The molecule has 3 aliphatic carbocycles. The van der Waals surface area contributed by atoms with E-state index in [2.05, 4.69) is 17.1 Å². The molecule has 6 aliphatic rings. The van der Waals surface area contributed by atoms with Gasteiger partial charge in [-0.2, -0.15) is 4.99 Å². The minimum absolute atomic E-state index is 0.0000736. The van der Waals surface area contributed by atoms with Gasteiger partial charge in [0.05, 0.1) is 12.2 Å². The van der Waals surface area contributed by atoms with Crippen molar-refractivity contribution in [1.29, 1.82) is 0 Å². The fourth-order valence-corrected chi connectivity index (χ4v) is 5.92. The van der Waals surface area contributed by atoms with Gasteiger partial charge in [0.15, 0.2) is 11.4 Å². The van der Waals surface area contributed by atoms with E-state index in [-0.39, 0.29) is 30.3 Å².